The van der Waals surface area contributed by atoms with Crippen LogP contribution in [0.2, 0.25) is 0 Å². The van der Waals surface area contributed by atoms with E-state index in [2.05, 4.69) is 10.6 Å². The standard InChI is InChI=1S/C20H18F3N3O3/c1-12-7-9-13(10-8-12)19(2)17(28)26(18(29)25-19)11-16(27)24-15-6-4-3-5-14(15)20(21,22)23/h3-10H,11H2,1-2H3,(H,24,27)(H,25,29). The van der Waals surface area contributed by atoms with E-state index in [0.29, 0.717) is 10.5 Å². The Bertz CT molecular complexity index is 973. The Morgan fingerprint density at radius 2 is 1.72 bits per heavy atom. The van der Waals surface area contributed by atoms with Gasteiger partial charge >= 0.3 is 12.2 Å². The van der Waals surface area contributed by atoms with E-state index < -0.39 is 47.4 Å². The van der Waals surface area contributed by atoms with E-state index in [4.69, 9.17) is 0 Å². The van der Waals surface area contributed by atoms with E-state index >= 15 is 0 Å². The average Bonchev–Trinajstić information content (AvgIpc) is 2.86. The Kier molecular flexibility index (Phi) is 5.08. The fourth-order valence-electron chi connectivity index (χ4n) is 3.10. The van der Waals surface area contributed by atoms with Crippen LogP contribution in [-0.2, 0) is 21.3 Å². The van der Waals surface area contributed by atoms with Crippen LogP contribution in [0.4, 0.5) is 23.7 Å². The summed E-state index contributed by atoms with van der Waals surface area (Å²) in [5.41, 5.74) is -1.33. The minimum atomic E-state index is -4.66. The number of nitrogens with one attached hydrogen (secondary N) is 2. The smallest absolute Gasteiger partial charge is 0.324 e. The maximum Gasteiger partial charge on any atom is 0.418 e. The highest BCUT2D eigenvalue weighted by Gasteiger charge is 2.49. The predicted molar refractivity (Wildman–Crippen MR) is 98.8 cm³/mol. The molecule has 2 N–H and O–H groups in total. The van der Waals surface area contributed by atoms with Gasteiger partial charge in [-0.05, 0) is 31.5 Å². The molecule has 0 bridgehead atoms. The van der Waals surface area contributed by atoms with Crippen LogP contribution >= 0.6 is 0 Å². The third kappa shape index (κ3) is 3.94. The van der Waals surface area contributed by atoms with Crippen molar-refractivity contribution in [1.29, 1.82) is 0 Å². The molecule has 2 aromatic rings. The number of urea groups is 1. The molecule has 1 aliphatic heterocycles. The Balaban J connectivity index is 1.77. The normalized spacial score (nSPS) is 19.3. The molecule has 1 unspecified atom stereocenters. The van der Waals surface area contributed by atoms with Crippen molar-refractivity contribution in [3.8, 4) is 0 Å². The van der Waals surface area contributed by atoms with Gasteiger partial charge in [-0.25, -0.2) is 4.79 Å². The van der Waals surface area contributed by atoms with E-state index in [1.807, 2.05) is 6.92 Å². The minimum absolute atomic E-state index is 0.446. The lowest BCUT2D eigenvalue weighted by atomic mass is 9.91. The highest BCUT2D eigenvalue weighted by Crippen LogP contribution is 2.34. The first-order chi connectivity index (χ1) is 13.5. The van der Waals surface area contributed by atoms with Gasteiger partial charge < -0.3 is 10.6 Å². The van der Waals surface area contributed by atoms with Crippen LogP contribution in [-0.4, -0.2) is 29.3 Å². The summed E-state index contributed by atoms with van der Waals surface area (Å²) in [6.07, 6.45) is -4.66. The predicted octanol–water partition coefficient (Wildman–Crippen LogP) is 3.42. The topological polar surface area (TPSA) is 78.5 Å². The van der Waals surface area contributed by atoms with Crippen LogP contribution < -0.4 is 10.6 Å². The number of alkyl halides is 3. The Labute approximate surface area is 164 Å². The first-order valence-electron chi connectivity index (χ1n) is 8.70. The van der Waals surface area contributed by atoms with Crippen molar-refractivity contribution in [2.75, 3.05) is 11.9 Å². The van der Waals surface area contributed by atoms with E-state index in [1.54, 1.807) is 24.3 Å². The summed E-state index contributed by atoms with van der Waals surface area (Å²) in [6, 6.07) is 10.6. The van der Waals surface area contributed by atoms with Crippen LogP contribution in [0.5, 0.6) is 0 Å². The first-order valence-corrected chi connectivity index (χ1v) is 8.70. The van der Waals surface area contributed by atoms with Crippen molar-refractivity contribution in [2.45, 2.75) is 25.6 Å². The molecule has 9 heteroatoms. The second-order valence-electron chi connectivity index (χ2n) is 6.90. The second kappa shape index (κ2) is 7.23. The number of anilines is 1. The van der Waals surface area contributed by atoms with Crippen LogP contribution in [0, 0.1) is 6.92 Å². The molecule has 1 saturated heterocycles. The molecule has 1 atom stereocenters. The number of rotatable bonds is 4. The molecule has 3 rings (SSSR count). The number of carbonyl (C=O) groups excluding carboxylic acids is 3. The molecule has 0 aromatic heterocycles. The van der Waals surface area contributed by atoms with Crippen molar-refractivity contribution in [3.63, 3.8) is 0 Å². The molecule has 2 aromatic carbocycles. The van der Waals surface area contributed by atoms with Gasteiger partial charge in [-0.3, -0.25) is 14.5 Å². The number of para-hydroxylation sites is 1. The molecule has 0 aliphatic carbocycles. The lowest BCUT2D eigenvalue weighted by Crippen LogP contribution is -2.42. The van der Waals surface area contributed by atoms with Crippen LogP contribution in [0.15, 0.2) is 48.5 Å². The molecule has 29 heavy (non-hydrogen) atoms. The van der Waals surface area contributed by atoms with Gasteiger partial charge in [0, 0.05) is 0 Å². The Morgan fingerprint density at radius 3 is 2.34 bits per heavy atom. The van der Waals surface area contributed by atoms with Crippen molar-refractivity contribution in [1.82, 2.24) is 10.2 Å². The SMILES string of the molecule is Cc1ccc(C2(C)NC(=O)N(CC(=O)Nc3ccccc3C(F)(F)F)C2=O)cc1. The summed E-state index contributed by atoms with van der Waals surface area (Å²) in [7, 11) is 0. The lowest BCUT2D eigenvalue weighted by Gasteiger charge is -2.22. The number of hydrogen-bond donors (Lipinski definition) is 2. The van der Waals surface area contributed by atoms with Crippen LogP contribution in [0.1, 0.15) is 23.6 Å². The lowest BCUT2D eigenvalue weighted by molar-refractivity contribution is -0.137. The van der Waals surface area contributed by atoms with E-state index in [0.717, 1.165) is 17.7 Å². The van der Waals surface area contributed by atoms with Gasteiger partial charge in [0.1, 0.15) is 12.1 Å². The van der Waals surface area contributed by atoms with Crippen molar-refractivity contribution in [3.05, 3.63) is 65.2 Å². The second-order valence-corrected chi connectivity index (χ2v) is 6.90. The molecular weight excluding hydrogens is 387 g/mol. The summed E-state index contributed by atoms with van der Waals surface area (Å²) in [4.78, 5) is 38.1. The van der Waals surface area contributed by atoms with Gasteiger partial charge in [-0.15, -0.1) is 0 Å². The van der Waals surface area contributed by atoms with Crippen molar-refractivity contribution in [2.24, 2.45) is 0 Å². The largest absolute Gasteiger partial charge is 0.418 e. The number of aryl methyl sites for hydroxylation is 1. The van der Waals surface area contributed by atoms with Gasteiger partial charge in [-0.1, -0.05) is 42.0 Å². The zero-order chi connectivity index (χ0) is 21.4. The molecule has 1 fully saturated rings. The molecule has 4 amide bonds. The molecule has 6 nitrogen and oxygen atoms in total. The number of amides is 4. The summed E-state index contributed by atoms with van der Waals surface area (Å²) in [6.45, 7) is 2.67. The molecule has 0 saturated carbocycles. The number of nitrogens with zero attached hydrogens (tertiary/aromatic N) is 1. The first kappa shape index (κ1) is 20.4. The molecule has 1 heterocycles. The molecule has 152 valence electrons. The van der Waals surface area contributed by atoms with Crippen LogP contribution in [0.25, 0.3) is 0 Å². The Hall–Kier alpha value is -3.36. The van der Waals surface area contributed by atoms with E-state index in [-0.39, 0.29) is 0 Å². The minimum Gasteiger partial charge on any atom is -0.324 e. The number of halogens is 3. The quantitative estimate of drug-likeness (QED) is 0.766. The van der Waals surface area contributed by atoms with E-state index in [9.17, 15) is 27.6 Å². The highest BCUT2D eigenvalue weighted by atomic mass is 19.4. The van der Waals surface area contributed by atoms with Gasteiger partial charge in [0.05, 0.1) is 11.3 Å². The summed E-state index contributed by atoms with van der Waals surface area (Å²) in [5, 5.41) is 4.68. The number of hydrogen-bond acceptors (Lipinski definition) is 3. The third-order valence-electron chi connectivity index (χ3n) is 4.71. The maximum absolute atomic E-state index is 13.1. The fraction of sp³-hybridized carbons (Fsp3) is 0.250. The third-order valence-corrected chi connectivity index (χ3v) is 4.71. The molecule has 1 aliphatic rings. The number of carbonyl (C=O) groups is 3. The highest BCUT2D eigenvalue weighted by molar-refractivity contribution is 6.10. The summed E-state index contributed by atoms with van der Waals surface area (Å²) in [5.74, 6) is -1.58. The Morgan fingerprint density at radius 1 is 1.10 bits per heavy atom. The maximum atomic E-state index is 13.1. The van der Waals surface area contributed by atoms with Crippen LogP contribution in [0.3, 0.4) is 0 Å². The monoisotopic (exact) mass is 405 g/mol. The van der Waals surface area contributed by atoms with Gasteiger partial charge in [0.15, 0.2) is 0 Å². The summed E-state index contributed by atoms with van der Waals surface area (Å²) >= 11 is 0. The number of imide groups is 1. The number of benzene rings is 2. The summed E-state index contributed by atoms with van der Waals surface area (Å²) < 4.78 is 39.2. The zero-order valence-corrected chi connectivity index (χ0v) is 15.6. The van der Waals surface area contributed by atoms with E-state index in [1.165, 1.54) is 19.1 Å². The van der Waals surface area contributed by atoms with Crippen molar-refractivity contribution < 1.29 is 27.6 Å². The average molecular weight is 405 g/mol. The zero-order valence-electron chi connectivity index (χ0n) is 15.6. The van der Waals surface area contributed by atoms with Crippen molar-refractivity contribution >= 4 is 23.5 Å². The van der Waals surface area contributed by atoms with Gasteiger partial charge in [0.25, 0.3) is 5.91 Å². The fourth-order valence-corrected chi connectivity index (χ4v) is 3.10. The molecule has 0 spiro atoms. The molecular formula is C20H18F3N3O3. The van der Waals surface area contributed by atoms with Gasteiger partial charge in [0.2, 0.25) is 5.91 Å². The molecule has 0 radical (unpaired) electrons. The van der Waals surface area contributed by atoms with Gasteiger partial charge in [-0.2, -0.15) is 13.2 Å².